The van der Waals surface area contributed by atoms with Gasteiger partial charge in [-0.2, -0.15) is 0 Å². The molecule has 1 amide bonds. The Morgan fingerprint density at radius 1 is 1.19 bits per heavy atom. The minimum atomic E-state index is -3.34. The molecule has 138 valence electrons. The van der Waals surface area contributed by atoms with Gasteiger partial charge in [0.05, 0.1) is 22.0 Å². The van der Waals surface area contributed by atoms with Crippen molar-refractivity contribution < 1.29 is 13.2 Å². The normalized spacial score (nSPS) is 16.3. The van der Waals surface area contributed by atoms with Crippen molar-refractivity contribution in [3.63, 3.8) is 0 Å². The van der Waals surface area contributed by atoms with E-state index >= 15 is 0 Å². The third kappa shape index (κ3) is 3.86. The van der Waals surface area contributed by atoms with Crippen molar-refractivity contribution in [3.8, 4) is 0 Å². The van der Waals surface area contributed by atoms with Crippen LogP contribution in [0.25, 0.3) is 0 Å². The monoisotopic (exact) mass is 392 g/mol. The summed E-state index contributed by atoms with van der Waals surface area (Å²) in [5, 5.41) is 3.16. The maximum Gasteiger partial charge on any atom is 0.257 e. The average Bonchev–Trinajstić information content (AvgIpc) is 2.62. The van der Waals surface area contributed by atoms with Crippen LogP contribution in [0.1, 0.15) is 35.7 Å². The lowest BCUT2D eigenvalue weighted by Gasteiger charge is -2.28. The largest absolute Gasteiger partial charge is 0.322 e. The summed E-state index contributed by atoms with van der Waals surface area (Å²) in [5.74, 6) is -0.228. The molecule has 0 bridgehead atoms. The number of benzene rings is 2. The standard InChI is InChI=1S/C19H21ClN2O3S/c1-2-14-7-3-4-8-18(14)21-19(23)16-13-15(9-10-17(16)20)22-11-5-6-12-26(22,24)25/h3-4,7-10,13H,2,5-6,11-12H2,1H3,(H,21,23). The molecule has 0 unspecified atom stereocenters. The van der Waals surface area contributed by atoms with E-state index in [4.69, 9.17) is 11.6 Å². The van der Waals surface area contributed by atoms with Crippen LogP contribution in [0.3, 0.4) is 0 Å². The molecule has 0 radical (unpaired) electrons. The average molecular weight is 393 g/mol. The molecule has 1 fully saturated rings. The highest BCUT2D eigenvalue weighted by Gasteiger charge is 2.27. The van der Waals surface area contributed by atoms with E-state index in [2.05, 4.69) is 5.32 Å². The van der Waals surface area contributed by atoms with E-state index < -0.39 is 10.0 Å². The Morgan fingerprint density at radius 3 is 2.69 bits per heavy atom. The Bertz CT molecular complexity index is 928. The van der Waals surface area contributed by atoms with E-state index in [0.29, 0.717) is 18.7 Å². The molecule has 0 atom stereocenters. The molecule has 5 nitrogen and oxygen atoms in total. The maximum atomic E-state index is 12.7. The SMILES string of the molecule is CCc1ccccc1NC(=O)c1cc(N2CCCCS2(=O)=O)ccc1Cl. The van der Waals surface area contributed by atoms with Crippen molar-refractivity contribution in [2.75, 3.05) is 21.9 Å². The van der Waals surface area contributed by atoms with E-state index in [9.17, 15) is 13.2 Å². The first-order valence-corrected chi connectivity index (χ1v) is 10.6. The highest BCUT2D eigenvalue weighted by atomic mass is 35.5. The molecule has 1 N–H and O–H groups in total. The first kappa shape index (κ1) is 18.7. The maximum absolute atomic E-state index is 12.7. The van der Waals surface area contributed by atoms with Gasteiger partial charge in [0.1, 0.15) is 0 Å². The topological polar surface area (TPSA) is 66.5 Å². The summed E-state index contributed by atoms with van der Waals surface area (Å²) in [7, 11) is -3.34. The number of hydrogen-bond donors (Lipinski definition) is 1. The zero-order valence-corrected chi connectivity index (χ0v) is 16.1. The first-order valence-electron chi connectivity index (χ1n) is 8.61. The molecular weight excluding hydrogens is 372 g/mol. The summed E-state index contributed by atoms with van der Waals surface area (Å²) in [6, 6.07) is 12.3. The second-order valence-corrected chi connectivity index (χ2v) is 8.64. The Hall–Kier alpha value is -2.05. The number of sulfonamides is 1. The smallest absolute Gasteiger partial charge is 0.257 e. The number of nitrogens with zero attached hydrogens (tertiary/aromatic N) is 1. The molecule has 0 aliphatic carbocycles. The summed E-state index contributed by atoms with van der Waals surface area (Å²) < 4.78 is 26.0. The van der Waals surface area contributed by atoms with Crippen LogP contribution in [-0.4, -0.2) is 26.6 Å². The third-order valence-corrected chi connectivity index (χ3v) is 6.68. The molecule has 1 heterocycles. The van der Waals surface area contributed by atoms with Crippen molar-refractivity contribution in [1.29, 1.82) is 0 Å². The molecule has 0 saturated carbocycles. The molecule has 7 heteroatoms. The summed E-state index contributed by atoms with van der Waals surface area (Å²) in [4.78, 5) is 12.7. The van der Waals surface area contributed by atoms with E-state index in [1.165, 1.54) is 4.31 Å². The molecular formula is C19H21ClN2O3S. The number of halogens is 1. The van der Waals surface area contributed by atoms with E-state index in [0.717, 1.165) is 24.1 Å². The number of carbonyl (C=O) groups excluding carboxylic acids is 1. The summed E-state index contributed by atoms with van der Waals surface area (Å²) in [5.41, 5.74) is 2.48. The molecule has 0 spiro atoms. The van der Waals surface area contributed by atoms with Crippen molar-refractivity contribution in [2.45, 2.75) is 26.2 Å². The Morgan fingerprint density at radius 2 is 1.96 bits per heavy atom. The van der Waals surface area contributed by atoms with Gasteiger partial charge in [0.25, 0.3) is 5.91 Å². The van der Waals surface area contributed by atoms with Gasteiger partial charge in [-0.05, 0) is 49.1 Å². The van der Waals surface area contributed by atoms with Crippen LogP contribution in [0.15, 0.2) is 42.5 Å². The highest BCUT2D eigenvalue weighted by molar-refractivity contribution is 7.92. The second-order valence-electron chi connectivity index (χ2n) is 6.22. The number of para-hydroxylation sites is 1. The Labute approximate surface area is 159 Å². The van der Waals surface area contributed by atoms with Crippen molar-refractivity contribution in [1.82, 2.24) is 0 Å². The van der Waals surface area contributed by atoms with Gasteiger partial charge < -0.3 is 5.32 Å². The number of aryl methyl sites for hydroxylation is 1. The van der Waals surface area contributed by atoms with Crippen molar-refractivity contribution in [3.05, 3.63) is 58.6 Å². The highest BCUT2D eigenvalue weighted by Crippen LogP contribution is 2.28. The molecule has 3 rings (SSSR count). The summed E-state index contributed by atoms with van der Waals surface area (Å²) in [6.45, 7) is 2.43. The zero-order valence-electron chi connectivity index (χ0n) is 14.5. The zero-order chi connectivity index (χ0) is 18.7. The van der Waals surface area contributed by atoms with E-state index in [-0.39, 0.29) is 22.2 Å². The van der Waals surface area contributed by atoms with Crippen LogP contribution in [-0.2, 0) is 16.4 Å². The molecule has 2 aromatic carbocycles. The molecule has 1 aliphatic rings. The van der Waals surface area contributed by atoms with Crippen molar-refractivity contribution in [2.24, 2.45) is 0 Å². The lowest BCUT2D eigenvalue weighted by molar-refractivity contribution is 0.102. The second kappa shape index (κ2) is 7.68. The minimum Gasteiger partial charge on any atom is -0.322 e. The van der Waals surface area contributed by atoms with Gasteiger partial charge in [-0.25, -0.2) is 8.42 Å². The fraction of sp³-hybridized carbons (Fsp3) is 0.316. The Balaban J connectivity index is 1.91. The van der Waals surface area contributed by atoms with Gasteiger partial charge in [0, 0.05) is 12.2 Å². The first-order chi connectivity index (χ1) is 12.4. The number of hydrogen-bond acceptors (Lipinski definition) is 3. The quantitative estimate of drug-likeness (QED) is 0.852. The molecule has 1 saturated heterocycles. The summed E-state index contributed by atoms with van der Waals surface area (Å²) >= 11 is 6.21. The van der Waals surface area contributed by atoms with Crippen LogP contribution in [0.2, 0.25) is 5.02 Å². The number of nitrogens with one attached hydrogen (secondary N) is 1. The number of carbonyl (C=O) groups is 1. The Kier molecular flexibility index (Phi) is 5.53. The van der Waals surface area contributed by atoms with Crippen molar-refractivity contribution >= 4 is 38.9 Å². The predicted octanol–water partition coefficient (Wildman–Crippen LogP) is 4.08. The van der Waals surface area contributed by atoms with Crippen LogP contribution in [0, 0.1) is 0 Å². The van der Waals surface area contributed by atoms with E-state index in [1.807, 2.05) is 31.2 Å². The van der Waals surface area contributed by atoms with Gasteiger partial charge in [-0.1, -0.05) is 36.7 Å². The van der Waals surface area contributed by atoms with Gasteiger partial charge in [0.2, 0.25) is 10.0 Å². The van der Waals surface area contributed by atoms with Crippen LogP contribution in [0.5, 0.6) is 0 Å². The molecule has 2 aromatic rings. The summed E-state index contributed by atoms with van der Waals surface area (Å²) in [6.07, 6.45) is 2.25. The number of rotatable bonds is 4. The lowest BCUT2D eigenvalue weighted by atomic mass is 10.1. The van der Waals surface area contributed by atoms with Gasteiger partial charge in [-0.3, -0.25) is 9.10 Å². The fourth-order valence-corrected chi connectivity index (χ4v) is 4.90. The molecule has 26 heavy (non-hydrogen) atoms. The van der Waals surface area contributed by atoms with Gasteiger partial charge in [0.15, 0.2) is 0 Å². The van der Waals surface area contributed by atoms with Crippen LogP contribution in [0.4, 0.5) is 11.4 Å². The number of amides is 1. The van der Waals surface area contributed by atoms with Gasteiger partial charge in [-0.15, -0.1) is 0 Å². The van der Waals surface area contributed by atoms with Crippen LogP contribution < -0.4 is 9.62 Å². The van der Waals surface area contributed by atoms with Gasteiger partial charge >= 0.3 is 0 Å². The third-order valence-electron chi connectivity index (χ3n) is 4.48. The molecule has 1 aliphatic heterocycles. The van der Waals surface area contributed by atoms with E-state index in [1.54, 1.807) is 18.2 Å². The van der Waals surface area contributed by atoms with Crippen LogP contribution >= 0.6 is 11.6 Å². The predicted molar refractivity (Wildman–Crippen MR) is 106 cm³/mol. The lowest BCUT2D eigenvalue weighted by Crippen LogP contribution is -2.38. The minimum absolute atomic E-state index is 0.126. The molecule has 0 aromatic heterocycles. The number of anilines is 2. The fourth-order valence-electron chi connectivity index (χ4n) is 3.06.